The second-order valence-corrected chi connectivity index (χ2v) is 9.80. The second kappa shape index (κ2) is 11.1. The van der Waals surface area contributed by atoms with Gasteiger partial charge in [0.1, 0.15) is 10.6 Å². The molecule has 3 rings (SSSR count). The number of fused-ring (bicyclic) bond motifs is 1. The number of hydrogen-bond donors (Lipinski definition) is 3. The fourth-order valence-electron chi connectivity index (χ4n) is 3.14. The van der Waals surface area contributed by atoms with E-state index in [1.807, 2.05) is 42.5 Å². The van der Waals surface area contributed by atoms with Crippen LogP contribution < -0.4 is 5.32 Å². The first kappa shape index (κ1) is 25.2. The molecule has 0 bridgehead atoms. The fraction of sp³-hybridized carbons (Fsp3) is 0.320. The minimum absolute atomic E-state index is 0.0973. The number of nitrogens with one attached hydrogen (secondary N) is 3. The van der Waals surface area contributed by atoms with Crippen LogP contribution in [0.4, 0.5) is 0 Å². The maximum Gasteiger partial charge on any atom is 0.320 e. The van der Waals surface area contributed by atoms with Gasteiger partial charge in [0.2, 0.25) is 0 Å². The molecule has 1 aromatic heterocycles. The lowest BCUT2D eigenvalue weighted by Gasteiger charge is -2.19. The molecule has 3 N–H and O–H groups in total. The molecule has 178 valence electrons. The Kier molecular flexibility index (Phi) is 8.25. The van der Waals surface area contributed by atoms with E-state index < -0.39 is 11.6 Å². The van der Waals surface area contributed by atoms with Crippen LogP contribution in [0.5, 0.6) is 0 Å². The molecule has 0 unspecified atom stereocenters. The second-order valence-electron chi connectivity index (χ2n) is 8.69. The molecular formula is C25H28N4O4S. The highest BCUT2D eigenvalue weighted by Crippen LogP contribution is 2.28. The third kappa shape index (κ3) is 7.86. The van der Waals surface area contributed by atoms with Gasteiger partial charge in [-0.1, -0.05) is 36.4 Å². The van der Waals surface area contributed by atoms with E-state index >= 15 is 0 Å². The molecular weight excluding hydrogens is 452 g/mol. The minimum Gasteiger partial charge on any atom is -0.459 e. The first-order valence-electron chi connectivity index (χ1n) is 10.8. The molecule has 2 aromatic carbocycles. The molecule has 0 saturated heterocycles. The lowest BCUT2D eigenvalue weighted by Crippen LogP contribution is -2.34. The zero-order chi connectivity index (χ0) is 24.7. The Morgan fingerprint density at radius 2 is 1.74 bits per heavy atom. The number of hydrogen-bond acceptors (Lipinski definition) is 9. The normalized spacial score (nSPS) is 11.3. The Morgan fingerprint density at radius 3 is 2.44 bits per heavy atom. The standard InChI is InChI=1S/C25H28N4O4S/c1-25(2,3)33-24(31)15-28-14-18(30)12-21(26)32-22(27)13-23-29-19-10-9-17(11-20(19)34-23)16-7-5-4-6-8-16/h4-11,26-28H,12-15H2,1-3H3. The van der Waals surface area contributed by atoms with Gasteiger partial charge in [-0.15, -0.1) is 11.3 Å². The van der Waals surface area contributed by atoms with Crippen LogP contribution in [0.15, 0.2) is 48.5 Å². The lowest BCUT2D eigenvalue weighted by molar-refractivity contribution is -0.153. The predicted octanol–water partition coefficient (Wildman–Crippen LogP) is 4.37. The molecule has 0 amide bonds. The van der Waals surface area contributed by atoms with Crippen molar-refractivity contribution in [3.63, 3.8) is 0 Å². The number of carbonyl (C=O) groups excluding carboxylic acids is 2. The Morgan fingerprint density at radius 1 is 1.00 bits per heavy atom. The highest BCUT2D eigenvalue weighted by Gasteiger charge is 2.17. The number of benzene rings is 2. The van der Waals surface area contributed by atoms with Crippen molar-refractivity contribution >= 4 is 45.1 Å². The van der Waals surface area contributed by atoms with Crippen LogP contribution in [0.2, 0.25) is 0 Å². The largest absolute Gasteiger partial charge is 0.459 e. The number of thiazole rings is 1. The molecule has 0 aliphatic carbocycles. The van der Waals surface area contributed by atoms with Crippen molar-refractivity contribution in [2.75, 3.05) is 13.1 Å². The number of nitrogens with zero attached hydrogens (tertiary/aromatic N) is 1. The van der Waals surface area contributed by atoms with Crippen molar-refractivity contribution in [2.45, 2.75) is 39.2 Å². The van der Waals surface area contributed by atoms with E-state index in [0.717, 1.165) is 21.3 Å². The number of ketones is 1. The quantitative estimate of drug-likeness (QED) is 0.237. The Bertz CT molecular complexity index is 1200. The third-order valence-electron chi connectivity index (χ3n) is 4.47. The molecule has 8 nitrogen and oxygen atoms in total. The van der Waals surface area contributed by atoms with Gasteiger partial charge in [-0.3, -0.25) is 20.4 Å². The van der Waals surface area contributed by atoms with E-state index in [2.05, 4.69) is 16.4 Å². The Labute approximate surface area is 202 Å². The van der Waals surface area contributed by atoms with Crippen molar-refractivity contribution in [2.24, 2.45) is 0 Å². The van der Waals surface area contributed by atoms with Crippen LogP contribution in [0.25, 0.3) is 21.3 Å². The van der Waals surface area contributed by atoms with Crippen LogP contribution in [-0.2, 0) is 25.5 Å². The summed E-state index contributed by atoms with van der Waals surface area (Å²) in [5.41, 5.74) is 2.46. The summed E-state index contributed by atoms with van der Waals surface area (Å²) < 4.78 is 11.4. The van der Waals surface area contributed by atoms with Crippen molar-refractivity contribution in [3.8, 4) is 11.1 Å². The van der Waals surface area contributed by atoms with E-state index in [1.54, 1.807) is 20.8 Å². The molecule has 0 aliphatic rings. The molecule has 0 radical (unpaired) electrons. The van der Waals surface area contributed by atoms with E-state index in [1.165, 1.54) is 11.3 Å². The molecule has 3 aromatic rings. The Balaban J connectivity index is 1.46. The summed E-state index contributed by atoms with van der Waals surface area (Å²) >= 11 is 1.47. The van der Waals surface area contributed by atoms with Crippen molar-refractivity contribution in [1.29, 1.82) is 10.8 Å². The smallest absolute Gasteiger partial charge is 0.320 e. The average Bonchev–Trinajstić information content (AvgIpc) is 3.14. The number of aromatic nitrogens is 1. The van der Waals surface area contributed by atoms with Crippen LogP contribution >= 0.6 is 11.3 Å². The first-order chi connectivity index (χ1) is 16.1. The van der Waals surface area contributed by atoms with Gasteiger partial charge in [0.25, 0.3) is 0 Å². The maximum absolute atomic E-state index is 12.0. The maximum atomic E-state index is 12.0. The van der Waals surface area contributed by atoms with Crippen LogP contribution in [0, 0.1) is 10.8 Å². The van der Waals surface area contributed by atoms with E-state index in [9.17, 15) is 9.59 Å². The summed E-state index contributed by atoms with van der Waals surface area (Å²) in [5.74, 6) is -1.25. The van der Waals surface area contributed by atoms with Gasteiger partial charge in [0, 0.05) is 0 Å². The van der Waals surface area contributed by atoms with Crippen LogP contribution in [0.3, 0.4) is 0 Å². The van der Waals surface area contributed by atoms with Gasteiger partial charge < -0.3 is 14.8 Å². The predicted molar refractivity (Wildman–Crippen MR) is 134 cm³/mol. The molecule has 0 aliphatic heterocycles. The summed E-state index contributed by atoms with van der Waals surface area (Å²) in [4.78, 5) is 28.2. The Hall–Kier alpha value is -3.43. The van der Waals surface area contributed by atoms with Gasteiger partial charge >= 0.3 is 5.97 Å². The van der Waals surface area contributed by atoms with Crippen molar-refractivity contribution in [3.05, 3.63) is 53.5 Å². The van der Waals surface area contributed by atoms with Crippen LogP contribution in [0.1, 0.15) is 32.2 Å². The van der Waals surface area contributed by atoms with Crippen LogP contribution in [-0.4, -0.2) is 47.2 Å². The van der Waals surface area contributed by atoms with E-state index in [-0.39, 0.29) is 43.5 Å². The van der Waals surface area contributed by atoms with Crippen molar-refractivity contribution in [1.82, 2.24) is 10.3 Å². The molecule has 1 heterocycles. The number of esters is 1. The molecule has 0 spiro atoms. The minimum atomic E-state index is -0.591. The molecule has 9 heteroatoms. The molecule has 0 fully saturated rings. The molecule has 0 saturated carbocycles. The number of Topliss-reactive ketones (excluding diaryl/α,β-unsaturated/α-hetero) is 1. The van der Waals surface area contributed by atoms with Gasteiger partial charge in [-0.25, -0.2) is 4.98 Å². The van der Waals surface area contributed by atoms with Gasteiger partial charge in [-0.05, 0) is 44.0 Å². The summed E-state index contributed by atoms with van der Waals surface area (Å²) in [7, 11) is 0. The SMILES string of the molecule is CC(C)(C)OC(=O)CNCC(=O)CC(=N)OC(=N)Cc1nc2ccc(-c3ccccc3)cc2s1. The summed E-state index contributed by atoms with van der Waals surface area (Å²) in [6.07, 6.45) is -0.141. The topological polar surface area (TPSA) is 125 Å². The molecule has 0 atom stereocenters. The fourth-order valence-corrected chi connectivity index (χ4v) is 4.14. The molecule has 34 heavy (non-hydrogen) atoms. The average molecular weight is 481 g/mol. The van der Waals surface area contributed by atoms with Gasteiger partial charge in [0.05, 0.1) is 36.1 Å². The zero-order valence-electron chi connectivity index (χ0n) is 19.4. The zero-order valence-corrected chi connectivity index (χ0v) is 20.3. The van der Waals surface area contributed by atoms with Gasteiger partial charge in [0.15, 0.2) is 17.6 Å². The summed E-state index contributed by atoms with van der Waals surface area (Å²) in [6, 6.07) is 16.1. The number of ether oxygens (including phenoxy) is 2. The summed E-state index contributed by atoms with van der Waals surface area (Å²) in [6.45, 7) is 5.09. The van der Waals surface area contributed by atoms with E-state index in [4.69, 9.17) is 20.3 Å². The third-order valence-corrected chi connectivity index (χ3v) is 5.49. The van der Waals surface area contributed by atoms with Gasteiger partial charge in [-0.2, -0.15) is 0 Å². The first-order valence-corrected chi connectivity index (χ1v) is 11.6. The van der Waals surface area contributed by atoms with Crippen molar-refractivity contribution < 1.29 is 19.1 Å². The number of rotatable bonds is 9. The summed E-state index contributed by atoms with van der Waals surface area (Å²) in [5, 5.41) is 19.3. The lowest BCUT2D eigenvalue weighted by atomic mass is 10.1. The highest BCUT2D eigenvalue weighted by atomic mass is 32.1. The van der Waals surface area contributed by atoms with E-state index in [0.29, 0.717) is 5.01 Å². The highest BCUT2D eigenvalue weighted by molar-refractivity contribution is 7.18. The number of carbonyl (C=O) groups is 2. The monoisotopic (exact) mass is 480 g/mol.